The molecule has 4 nitrogen and oxygen atoms in total. The van der Waals surface area contributed by atoms with E-state index >= 15 is 0 Å². The maximum atomic E-state index is 14.4. The third-order valence-electron chi connectivity index (χ3n) is 9.98. The quantitative estimate of drug-likeness (QED) is 0.101. The molecule has 0 saturated heterocycles. The Morgan fingerprint density at radius 3 is 1.53 bits per heavy atom. The summed E-state index contributed by atoms with van der Waals surface area (Å²) < 4.78 is 41.0. The molecule has 0 aliphatic heterocycles. The van der Waals surface area contributed by atoms with Gasteiger partial charge in [0.15, 0.2) is 12.3 Å². The molecule has 2 atom stereocenters. The fourth-order valence-corrected chi connectivity index (χ4v) is 7.77. The van der Waals surface area contributed by atoms with E-state index in [0.29, 0.717) is 11.8 Å². The van der Waals surface area contributed by atoms with Gasteiger partial charge in [0.05, 0.1) is 0 Å². The van der Waals surface area contributed by atoms with E-state index in [1.165, 1.54) is 49.7 Å². The number of benzene rings is 1. The Morgan fingerprint density at radius 2 is 1.09 bits per heavy atom. The second-order valence-electron chi connectivity index (χ2n) is 13.6. The molecule has 2 aliphatic rings. The molecule has 256 valence electrons. The SMILES string of the molecule is CCCCCCCCC(F)C(=O)OC1CCC(c2ccc(C3CCC(OC(=O)C(F)CCCCCCCC)CC3)c(Br)c2)CC1. The van der Waals surface area contributed by atoms with E-state index < -0.39 is 24.3 Å². The van der Waals surface area contributed by atoms with E-state index in [1.54, 1.807) is 0 Å². The van der Waals surface area contributed by atoms with Crippen molar-refractivity contribution >= 4 is 27.9 Å². The summed E-state index contributed by atoms with van der Waals surface area (Å²) >= 11 is 3.82. The minimum absolute atomic E-state index is 0.188. The van der Waals surface area contributed by atoms with Gasteiger partial charge in [-0.05, 0) is 106 Å². The van der Waals surface area contributed by atoms with Crippen LogP contribution >= 0.6 is 15.9 Å². The molecule has 45 heavy (non-hydrogen) atoms. The zero-order chi connectivity index (χ0) is 32.4. The Bertz CT molecular complexity index is 988. The highest BCUT2D eigenvalue weighted by Crippen LogP contribution is 2.41. The number of unbranched alkanes of at least 4 members (excludes halogenated alkanes) is 10. The third-order valence-corrected chi connectivity index (χ3v) is 10.7. The Morgan fingerprint density at radius 1 is 0.667 bits per heavy atom. The lowest BCUT2D eigenvalue weighted by Crippen LogP contribution is -2.28. The molecule has 0 amide bonds. The second-order valence-corrected chi connectivity index (χ2v) is 14.5. The first-order chi connectivity index (χ1) is 21.8. The number of esters is 2. The fourth-order valence-electron chi connectivity index (χ4n) is 7.05. The van der Waals surface area contributed by atoms with Gasteiger partial charge >= 0.3 is 11.9 Å². The summed E-state index contributed by atoms with van der Waals surface area (Å²) in [4.78, 5) is 24.6. The molecule has 7 heteroatoms. The van der Waals surface area contributed by atoms with Gasteiger partial charge in [-0.3, -0.25) is 0 Å². The molecule has 0 aromatic heterocycles. The van der Waals surface area contributed by atoms with Crippen LogP contribution in [0.3, 0.4) is 0 Å². The Kier molecular flexibility index (Phi) is 18.0. The highest BCUT2D eigenvalue weighted by Gasteiger charge is 2.30. The van der Waals surface area contributed by atoms with Crippen molar-refractivity contribution in [1.29, 1.82) is 0 Å². The number of carbonyl (C=O) groups is 2. The molecule has 2 saturated carbocycles. The number of alkyl halides is 2. The predicted molar refractivity (Wildman–Crippen MR) is 182 cm³/mol. The highest BCUT2D eigenvalue weighted by atomic mass is 79.9. The third kappa shape index (κ3) is 13.6. The Labute approximate surface area is 280 Å². The van der Waals surface area contributed by atoms with Gasteiger partial charge in [0.2, 0.25) is 0 Å². The summed E-state index contributed by atoms with van der Waals surface area (Å²) in [7, 11) is 0. The van der Waals surface area contributed by atoms with Crippen LogP contribution in [0.25, 0.3) is 0 Å². The lowest BCUT2D eigenvalue weighted by Gasteiger charge is -2.31. The van der Waals surface area contributed by atoms with Crippen LogP contribution in [0, 0.1) is 0 Å². The van der Waals surface area contributed by atoms with Crippen molar-refractivity contribution in [2.45, 2.75) is 191 Å². The first kappa shape index (κ1) is 38.0. The minimum Gasteiger partial charge on any atom is -0.460 e. The molecule has 0 N–H and O–H groups in total. The summed E-state index contributed by atoms with van der Waals surface area (Å²) in [6.07, 6.45) is 16.7. The second kappa shape index (κ2) is 21.4. The average Bonchev–Trinajstić information content (AvgIpc) is 3.04. The Hall–Kier alpha value is -1.50. The van der Waals surface area contributed by atoms with Crippen molar-refractivity contribution in [3.63, 3.8) is 0 Å². The lowest BCUT2D eigenvalue weighted by atomic mass is 9.80. The van der Waals surface area contributed by atoms with E-state index in [-0.39, 0.29) is 25.0 Å². The van der Waals surface area contributed by atoms with Crippen molar-refractivity contribution < 1.29 is 27.8 Å². The van der Waals surface area contributed by atoms with E-state index in [2.05, 4.69) is 48.0 Å². The van der Waals surface area contributed by atoms with Crippen molar-refractivity contribution in [2.24, 2.45) is 0 Å². The number of carbonyl (C=O) groups excluding carboxylic acids is 2. The highest BCUT2D eigenvalue weighted by molar-refractivity contribution is 9.10. The van der Waals surface area contributed by atoms with E-state index in [4.69, 9.17) is 9.47 Å². The normalized spacial score (nSPS) is 23.3. The van der Waals surface area contributed by atoms with Gasteiger partial charge in [0.25, 0.3) is 0 Å². The molecule has 0 bridgehead atoms. The molecular weight excluding hydrogens is 638 g/mol. The predicted octanol–water partition coefficient (Wildman–Crippen LogP) is 11.8. The summed E-state index contributed by atoms with van der Waals surface area (Å²) in [5, 5.41) is 0. The molecule has 1 aromatic rings. The number of halogens is 3. The van der Waals surface area contributed by atoms with Crippen molar-refractivity contribution in [1.82, 2.24) is 0 Å². The van der Waals surface area contributed by atoms with Crippen molar-refractivity contribution in [3.05, 3.63) is 33.8 Å². The maximum Gasteiger partial charge on any atom is 0.340 e. The van der Waals surface area contributed by atoms with E-state index in [1.807, 2.05) is 0 Å². The van der Waals surface area contributed by atoms with Crippen LogP contribution in [0.5, 0.6) is 0 Å². The molecule has 0 heterocycles. The first-order valence-corrected chi connectivity index (χ1v) is 19.1. The number of ether oxygens (including phenoxy) is 2. The number of hydrogen-bond donors (Lipinski definition) is 0. The molecule has 2 aliphatic carbocycles. The molecule has 1 aromatic carbocycles. The zero-order valence-corrected chi connectivity index (χ0v) is 29.6. The van der Waals surface area contributed by atoms with Gasteiger partial charge in [0, 0.05) is 4.47 Å². The molecule has 2 unspecified atom stereocenters. The van der Waals surface area contributed by atoms with Gasteiger partial charge in [-0.2, -0.15) is 0 Å². The van der Waals surface area contributed by atoms with Crippen LogP contribution in [0.15, 0.2) is 22.7 Å². The van der Waals surface area contributed by atoms with Crippen molar-refractivity contribution in [3.8, 4) is 0 Å². The van der Waals surface area contributed by atoms with Crippen LogP contribution in [0.4, 0.5) is 8.78 Å². The van der Waals surface area contributed by atoms with Crippen LogP contribution in [-0.2, 0) is 19.1 Å². The molecular formula is C38H59BrF2O4. The number of rotatable bonds is 20. The minimum atomic E-state index is -1.51. The van der Waals surface area contributed by atoms with Gasteiger partial charge < -0.3 is 9.47 Å². The summed E-state index contributed by atoms with van der Waals surface area (Å²) in [6.45, 7) is 4.35. The average molecular weight is 698 g/mol. The van der Waals surface area contributed by atoms with Crippen molar-refractivity contribution in [2.75, 3.05) is 0 Å². The van der Waals surface area contributed by atoms with Gasteiger partial charge in [-0.1, -0.05) is 106 Å². The molecule has 0 spiro atoms. The van der Waals surface area contributed by atoms with Crippen LogP contribution in [0.2, 0.25) is 0 Å². The summed E-state index contributed by atoms with van der Waals surface area (Å²) in [6, 6.07) is 6.67. The van der Waals surface area contributed by atoms with Crippen LogP contribution < -0.4 is 0 Å². The zero-order valence-electron chi connectivity index (χ0n) is 28.0. The lowest BCUT2D eigenvalue weighted by molar-refractivity contribution is -0.157. The molecule has 2 fully saturated rings. The Balaban J connectivity index is 1.34. The summed E-state index contributed by atoms with van der Waals surface area (Å²) in [5.41, 5.74) is 2.56. The molecule has 0 radical (unpaired) electrons. The fraction of sp³-hybridized carbons (Fsp3) is 0.789. The van der Waals surface area contributed by atoms with Crippen LogP contribution in [0.1, 0.15) is 178 Å². The standard InChI is InChI=1S/C38H59BrF2O4/c1-3-5-7-9-11-13-15-35(40)37(42)44-31-22-17-28(18-23-31)30-21-26-33(34(39)27-30)29-19-24-32(25-20-29)45-38(43)36(41)16-14-12-10-8-6-4-2/h21,26-29,31-32,35-36H,3-20,22-25H2,1-2H3. The smallest absolute Gasteiger partial charge is 0.340 e. The van der Waals surface area contributed by atoms with Crippen LogP contribution in [-0.4, -0.2) is 36.5 Å². The largest absolute Gasteiger partial charge is 0.460 e. The van der Waals surface area contributed by atoms with E-state index in [9.17, 15) is 18.4 Å². The van der Waals surface area contributed by atoms with E-state index in [0.717, 1.165) is 94.4 Å². The molecule has 3 rings (SSSR count). The van der Waals surface area contributed by atoms with Gasteiger partial charge in [0.1, 0.15) is 12.2 Å². The first-order valence-electron chi connectivity index (χ1n) is 18.3. The van der Waals surface area contributed by atoms with Gasteiger partial charge in [-0.15, -0.1) is 0 Å². The van der Waals surface area contributed by atoms with Gasteiger partial charge in [-0.25, -0.2) is 18.4 Å². The maximum absolute atomic E-state index is 14.4. The monoisotopic (exact) mass is 696 g/mol. The summed E-state index contributed by atoms with van der Waals surface area (Å²) in [5.74, 6) is -0.580. The number of hydrogen-bond acceptors (Lipinski definition) is 4. The topological polar surface area (TPSA) is 52.6 Å².